The van der Waals surface area contributed by atoms with Gasteiger partial charge < -0.3 is 16.4 Å². The molecule has 4 nitrogen and oxygen atoms in total. The number of unbranched alkanes of at least 4 members (excludes halogenated alkanes) is 1. The summed E-state index contributed by atoms with van der Waals surface area (Å²) in [5.41, 5.74) is 5.41. The van der Waals surface area contributed by atoms with Crippen molar-refractivity contribution in [2.75, 3.05) is 26.2 Å². The monoisotopic (exact) mass is 236 g/mol. The van der Waals surface area contributed by atoms with Crippen LogP contribution in [0.3, 0.4) is 0 Å². The minimum atomic E-state index is 0.690. The Labute approximate surface area is 104 Å². The zero-order valence-electron chi connectivity index (χ0n) is 10.4. The first-order chi connectivity index (χ1) is 8.43. The van der Waals surface area contributed by atoms with E-state index in [1.165, 1.54) is 12.8 Å². The van der Waals surface area contributed by atoms with Gasteiger partial charge in [0.1, 0.15) is 0 Å². The van der Waals surface area contributed by atoms with Gasteiger partial charge in [0.05, 0.1) is 0 Å². The molecule has 4 heteroatoms. The molecule has 4 N–H and O–H groups in total. The molecule has 0 aromatic carbocycles. The normalized spacial score (nSPS) is 19.2. The lowest BCUT2D eigenvalue weighted by molar-refractivity contribution is 0.390. The van der Waals surface area contributed by atoms with Crippen LogP contribution in [0.2, 0.25) is 0 Å². The van der Waals surface area contributed by atoms with Crippen LogP contribution in [0.15, 0.2) is 30.6 Å². The van der Waals surface area contributed by atoms with Crippen LogP contribution < -0.4 is 16.4 Å². The molecule has 1 aliphatic rings. The van der Waals surface area contributed by atoms with E-state index >= 15 is 0 Å². The van der Waals surface area contributed by atoms with Crippen LogP contribution in [0, 0.1) is 0 Å². The second kappa shape index (κ2) is 10.2. The Balaban J connectivity index is 0.000000202. The summed E-state index contributed by atoms with van der Waals surface area (Å²) in [6.45, 7) is 4.20. The average Bonchev–Trinajstić information content (AvgIpc) is 2.43. The summed E-state index contributed by atoms with van der Waals surface area (Å²) in [5.74, 6) is 0. The number of aromatic nitrogens is 1. The number of hydrogen-bond acceptors (Lipinski definition) is 4. The van der Waals surface area contributed by atoms with Crippen molar-refractivity contribution in [3.8, 4) is 0 Å². The first kappa shape index (κ1) is 14.1. The average molecular weight is 236 g/mol. The molecule has 2 rings (SSSR count). The van der Waals surface area contributed by atoms with Gasteiger partial charge in [-0.2, -0.15) is 0 Å². The van der Waals surface area contributed by atoms with Crippen molar-refractivity contribution in [3.05, 3.63) is 30.6 Å². The lowest BCUT2D eigenvalue weighted by atomic mass is 10.1. The molecular weight excluding hydrogens is 212 g/mol. The van der Waals surface area contributed by atoms with Crippen molar-refractivity contribution in [2.24, 2.45) is 5.73 Å². The first-order valence-electron chi connectivity index (χ1n) is 6.42. The van der Waals surface area contributed by atoms with Gasteiger partial charge in [0.2, 0.25) is 0 Å². The van der Waals surface area contributed by atoms with Gasteiger partial charge in [-0.05, 0) is 31.5 Å². The summed E-state index contributed by atoms with van der Waals surface area (Å²) in [7, 11) is 0. The van der Waals surface area contributed by atoms with Crippen molar-refractivity contribution in [1.82, 2.24) is 15.6 Å². The van der Waals surface area contributed by atoms with Gasteiger partial charge >= 0.3 is 0 Å². The van der Waals surface area contributed by atoms with Crippen molar-refractivity contribution < 1.29 is 0 Å². The Morgan fingerprint density at radius 1 is 1.12 bits per heavy atom. The maximum absolute atomic E-state index is 5.41. The SMILES string of the molecule is NCCCCC1CNCCN1.c1ccncc1. The quantitative estimate of drug-likeness (QED) is 0.675. The molecule has 0 amide bonds. The number of piperazine rings is 1. The smallest absolute Gasteiger partial charge is 0.0267 e. The number of nitrogens with one attached hydrogen (secondary N) is 2. The highest BCUT2D eigenvalue weighted by Crippen LogP contribution is 2.00. The van der Waals surface area contributed by atoms with Crippen LogP contribution in [0.4, 0.5) is 0 Å². The maximum atomic E-state index is 5.41. The zero-order valence-corrected chi connectivity index (χ0v) is 10.4. The summed E-state index contributed by atoms with van der Waals surface area (Å²) in [4.78, 5) is 3.78. The third-order valence-electron chi connectivity index (χ3n) is 2.70. The third kappa shape index (κ3) is 7.85. The molecule has 0 bridgehead atoms. The van der Waals surface area contributed by atoms with E-state index in [2.05, 4.69) is 15.6 Å². The Kier molecular flexibility index (Phi) is 8.46. The molecule has 1 saturated heterocycles. The summed E-state index contributed by atoms with van der Waals surface area (Å²) >= 11 is 0. The molecule has 0 radical (unpaired) electrons. The minimum absolute atomic E-state index is 0.690. The van der Waals surface area contributed by atoms with E-state index in [1.54, 1.807) is 12.4 Å². The van der Waals surface area contributed by atoms with E-state index < -0.39 is 0 Å². The Morgan fingerprint density at radius 3 is 2.41 bits per heavy atom. The van der Waals surface area contributed by atoms with Gasteiger partial charge in [0.25, 0.3) is 0 Å². The summed E-state index contributed by atoms with van der Waals surface area (Å²) in [5, 5.41) is 6.84. The topological polar surface area (TPSA) is 63.0 Å². The number of nitrogens with two attached hydrogens (primary N) is 1. The highest BCUT2D eigenvalue weighted by atomic mass is 15.0. The molecule has 96 valence electrons. The van der Waals surface area contributed by atoms with Gasteiger partial charge in [-0.15, -0.1) is 0 Å². The Hall–Kier alpha value is -0.970. The van der Waals surface area contributed by atoms with Gasteiger partial charge in [0, 0.05) is 38.1 Å². The molecule has 17 heavy (non-hydrogen) atoms. The molecule has 1 fully saturated rings. The standard InChI is InChI=1S/C8H19N3.C5H5N/c9-4-2-1-3-8-7-10-5-6-11-8;1-2-4-6-5-3-1/h8,10-11H,1-7,9H2;1-5H. The molecule has 0 aliphatic carbocycles. The third-order valence-corrected chi connectivity index (χ3v) is 2.70. The fourth-order valence-electron chi connectivity index (χ4n) is 1.76. The molecule has 1 aromatic heterocycles. The largest absolute Gasteiger partial charge is 0.330 e. The first-order valence-corrected chi connectivity index (χ1v) is 6.42. The second-order valence-electron chi connectivity index (χ2n) is 4.16. The molecular formula is C13H24N4. The van der Waals surface area contributed by atoms with E-state index in [9.17, 15) is 0 Å². The molecule has 0 spiro atoms. The summed E-state index contributed by atoms with van der Waals surface area (Å²) in [6, 6.07) is 6.41. The van der Waals surface area contributed by atoms with Crippen molar-refractivity contribution in [2.45, 2.75) is 25.3 Å². The molecule has 1 aromatic rings. The van der Waals surface area contributed by atoms with Gasteiger partial charge in [0.15, 0.2) is 0 Å². The summed E-state index contributed by atoms with van der Waals surface area (Å²) in [6.07, 6.45) is 7.19. The fourth-order valence-corrected chi connectivity index (χ4v) is 1.76. The molecule has 1 atom stereocenters. The molecule has 0 saturated carbocycles. The van der Waals surface area contributed by atoms with E-state index in [4.69, 9.17) is 5.73 Å². The van der Waals surface area contributed by atoms with Gasteiger partial charge in [-0.25, -0.2) is 0 Å². The molecule has 1 unspecified atom stereocenters. The predicted octanol–water partition coefficient (Wildman–Crippen LogP) is 0.758. The van der Waals surface area contributed by atoms with Crippen molar-refractivity contribution >= 4 is 0 Å². The van der Waals surface area contributed by atoms with Crippen LogP contribution in [-0.2, 0) is 0 Å². The minimum Gasteiger partial charge on any atom is -0.330 e. The van der Waals surface area contributed by atoms with Crippen molar-refractivity contribution in [3.63, 3.8) is 0 Å². The maximum Gasteiger partial charge on any atom is 0.0267 e. The summed E-state index contributed by atoms with van der Waals surface area (Å²) < 4.78 is 0. The van der Waals surface area contributed by atoms with Crippen LogP contribution in [0.1, 0.15) is 19.3 Å². The van der Waals surface area contributed by atoms with E-state index in [0.29, 0.717) is 6.04 Å². The highest BCUT2D eigenvalue weighted by molar-refractivity contribution is 4.88. The Bertz CT molecular complexity index is 220. The predicted molar refractivity (Wildman–Crippen MR) is 71.8 cm³/mol. The highest BCUT2D eigenvalue weighted by Gasteiger charge is 2.10. The number of nitrogens with zero attached hydrogens (tertiary/aromatic N) is 1. The van der Waals surface area contributed by atoms with E-state index in [0.717, 1.165) is 32.6 Å². The van der Waals surface area contributed by atoms with Crippen LogP contribution in [0.25, 0.3) is 0 Å². The second-order valence-corrected chi connectivity index (χ2v) is 4.16. The van der Waals surface area contributed by atoms with Gasteiger partial charge in [-0.3, -0.25) is 4.98 Å². The lowest BCUT2D eigenvalue weighted by Gasteiger charge is -2.24. The Morgan fingerprint density at radius 2 is 1.94 bits per heavy atom. The zero-order chi connectivity index (χ0) is 12.2. The van der Waals surface area contributed by atoms with E-state index in [-0.39, 0.29) is 0 Å². The number of rotatable bonds is 4. The van der Waals surface area contributed by atoms with Crippen LogP contribution in [-0.4, -0.2) is 37.2 Å². The number of pyridine rings is 1. The molecule has 2 heterocycles. The fraction of sp³-hybridized carbons (Fsp3) is 0.615. The number of hydrogen-bond donors (Lipinski definition) is 3. The van der Waals surface area contributed by atoms with Crippen molar-refractivity contribution in [1.29, 1.82) is 0 Å². The lowest BCUT2D eigenvalue weighted by Crippen LogP contribution is -2.48. The van der Waals surface area contributed by atoms with Crippen LogP contribution in [0.5, 0.6) is 0 Å². The van der Waals surface area contributed by atoms with Crippen LogP contribution >= 0.6 is 0 Å². The van der Waals surface area contributed by atoms with Gasteiger partial charge in [-0.1, -0.05) is 12.5 Å². The molecule has 1 aliphatic heterocycles. The van der Waals surface area contributed by atoms with E-state index in [1.807, 2.05) is 18.2 Å².